The highest BCUT2D eigenvalue weighted by molar-refractivity contribution is 8.27. The number of H-pyrrole nitrogens is 1. The number of nitrogens with zero attached hydrogens (tertiary/aromatic N) is 2. The normalized spacial score (nSPS) is 21.2. The largest absolute Gasteiger partial charge is 0.361 e. The molecule has 7 nitrogen and oxygen atoms in total. The molecule has 3 rings (SSSR count). The maximum absolute atomic E-state index is 12.5. The van der Waals surface area contributed by atoms with Gasteiger partial charge in [-0.2, -0.15) is 0 Å². The molecule has 2 heterocycles. The molecule has 2 aromatic rings. The summed E-state index contributed by atoms with van der Waals surface area (Å²) in [4.78, 5) is 19.9. The molecule has 3 atom stereocenters. The minimum atomic E-state index is -0.428. The van der Waals surface area contributed by atoms with Gasteiger partial charge in [-0.25, -0.2) is 0 Å². The van der Waals surface area contributed by atoms with Gasteiger partial charge in [0, 0.05) is 51.2 Å². The van der Waals surface area contributed by atoms with Crippen LogP contribution in [0.5, 0.6) is 0 Å². The van der Waals surface area contributed by atoms with Crippen molar-refractivity contribution < 1.29 is 7.65 Å². The number of hydrogen-bond donors (Lipinski definition) is 4. The summed E-state index contributed by atoms with van der Waals surface area (Å²) >= 11 is 0.928. The lowest BCUT2D eigenvalue weighted by Gasteiger charge is -2.43. The van der Waals surface area contributed by atoms with E-state index in [-0.39, 0.29) is 19.1 Å². The zero-order chi connectivity index (χ0) is 21.1. The number of fused-ring (bicyclic) bond motifs is 1. The lowest BCUT2D eigenvalue weighted by Crippen LogP contribution is -2.56. The fourth-order valence-electron chi connectivity index (χ4n) is 3.75. The third-order valence-corrected chi connectivity index (χ3v) is 6.47. The van der Waals surface area contributed by atoms with E-state index in [9.17, 15) is 4.79 Å². The van der Waals surface area contributed by atoms with E-state index in [0.29, 0.717) is 18.5 Å². The molecule has 8 heteroatoms. The van der Waals surface area contributed by atoms with E-state index in [1.165, 1.54) is 0 Å². The summed E-state index contributed by atoms with van der Waals surface area (Å²) in [6, 6.07) is 8.63. The number of benzene rings is 1. The van der Waals surface area contributed by atoms with E-state index in [2.05, 4.69) is 42.2 Å². The average Bonchev–Trinajstić information content (AvgIpc) is 3.08. The molecule has 0 saturated carbocycles. The van der Waals surface area contributed by atoms with E-state index in [1.807, 2.05) is 36.2 Å². The van der Waals surface area contributed by atoms with Crippen LogP contribution in [-0.2, 0) is 11.2 Å². The van der Waals surface area contributed by atoms with E-state index >= 15 is 0 Å². The highest BCUT2D eigenvalue weighted by Crippen LogP contribution is 2.20. The number of para-hydroxylation sites is 1. The zero-order valence-electron chi connectivity index (χ0n) is 17.5. The molecular formula is C21H34N6OS. The van der Waals surface area contributed by atoms with Crippen molar-refractivity contribution in [2.45, 2.75) is 45.3 Å². The molecule has 1 aromatic carbocycles. The molecule has 4 N–H and O–H groups in total. The topological polar surface area (TPSA) is 99.1 Å². The maximum Gasteiger partial charge on any atom is 0.276 e. The van der Waals surface area contributed by atoms with Gasteiger partial charge in [0.25, 0.3) is 5.91 Å². The Balaban J connectivity index is 0.00000240. The SMILES string of the molecule is CC(Cc1c[nH]c2ccccc12)NC(=O)C(=N)SC(=N)N1C[C@@H](C)N(C)[C@@H](C)C1.[HH].[HH]. The maximum atomic E-state index is 12.5. The van der Waals surface area contributed by atoms with Gasteiger partial charge in [0.2, 0.25) is 0 Å². The van der Waals surface area contributed by atoms with E-state index in [0.717, 1.165) is 41.3 Å². The van der Waals surface area contributed by atoms with Crippen LogP contribution in [0.15, 0.2) is 30.5 Å². The van der Waals surface area contributed by atoms with Gasteiger partial charge in [0.05, 0.1) is 0 Å². The zero-order valence-corrected chi connectivity index (χ0v) is 18.3. The summed E-state index contributed by atoms with van der Waals surface area (Å²) < 4.78 is 0. The highest BCUT2D eigenvalue weighted by Gasteiger charge is 2.29. The Hall–Kier alpha value is -2.32. The molecule has 1 aliphatic rings. The van der Waals surface area contributed by atoms with Gasteiger partial charge >= 0.3 is 0 Å². The standard InChI is InChI=1S/C21H30N6OS.2H2/c1-13(9-16-10-24-18-8-6-5-7-17(16)18)25-20(28)19(22)29-21(23)27-11-14(2)26(4)15(3)12-27;;/h5-8,10,13-15,22-24H,9,11-12H2,1-4H3,(H,25,28);2*1H/t13?,14-,15+;;. The third-order valence-electron chi connectivity index (χ3n) is 5.63. The molecular weight excluding hydrogens is 384 g/mol. The first kappa shape index (κ1) is 21.4. The first-order chi connectivity index (χ1) is 13.8. The van der Waals surface area contributed by atoms with Crippen LogP contribution >= 0.6 is 11.8 Å². The van der Waals surface area contributed by atoms with Crippen LogP contribution in [0.1, 0.15) is 29.2 Å². The van der Waals surface area contributed by atoms with Crippen molar-refractivity contribution in [3.05, 3.63) is 36.0 Å². The number of aromatic amines is 1. The number of rotatable bonds is 3. The number of piperazine rings is 1. The van der Waals surface area contributed by atoms with E-state index in [4.69, 9.17) is 10.8 Å². The van der Waals surface area contributed by atoms with Crippen molar-refractivity contribution in [1.82, 2.24) is 20.1 Å². The Morgan fingerprint density at radius 2 is 1.97 bits per heavy atom. The Labute approximate surface area is 179 Å². The number of hydrogen-bond acceptors (Lipinski definition) is 5. The van der Waals surface area contributed by atoms with Crippen molar-refractivity contribution in [3.63, 3.8) is 0 Å². The molecule has 0 spiro atoms. The number of nitrogens with one attached hydrogen (secondary N) is 4. The Kier molecular flexibility index (Phi) is 6.64. The monoisotopic (exact) mass is 418 g/mol. The summed E-state index contributed by atoms with van der Waals surface area (Å²) in [6.07, 6.45) is 2.65. The Bertz CT molecular complexity index is 908. The minimum Gasteiger partial charge on any atom is -0.361 e. The lowest BCUT2D eigenvalue weighted by molar-refractivity contribution is -0.115. The molecule has 1 saturated heterocycles. The van der Waals surface area contributed by atoms with Gasteiger partial charge in [0.1, 0.15) is 0 Å². The van der Waals surface area contributed by atoms with E-state index in [1.54, 1.807) is 0 Å². The van der Waals surface area contributed by atoms with Gasteiger partial charge in [0.15, 0.2) is 10.2 Å². The molecule has 0 radical (unpaired) electrons. The van der Waals surface area contributed by atoms with E-state index < -0.39 is 5.91 Å². The number of amides is 1. The molecule has 1 aliphatic heterocycles. The summed E-state index contributed by atoms with van der Waals surface area (Å²) in [5.74, 6) is -0.428. The summed E-state index contributed by atoms with van der Waals surface area (Å²) in [5.41, 5.74) is 2.22. The van der Waals surface area contributed by atoms with Crippen LogP contribution in [0.3, 0.4) is 0 Å². The van der Waals surface area contributed by atoms with Gasteiger partial charge < -0.3 is 15.2 Å². The van der Waals surface area contributed by atoms with Crippen LogP contribution < -0.4 is 5.32 Å². The van der Waals surface area contributed by atoms with Crippen LogP contribution in [0, 0.1) is 10.8 Å². The molecule has 160 valence electrons. The fourth-order valence-corrected chi connectivity index (χ4v) is 4.37. The smallest absolute Gasteiger partial charge is 0.276 e. The Morgan fingerprint density at radius 1 is 1.31 bits per heavy atom. The van der Waals surface area contributed by atoms with Gasteiger partial charge in [-0.1, -0.05) is 18.2 Å². The first-order valence-electron chi connectivity index (χ1n) is 9.94. The molecule has 0 aliphatic carbocycles. The van der Waals surface area contributed by atoms with Crippen molar-refractivity contribution in [2.24, 2.45) is 0 Å². The second kappa shape index (κ2) is 9.00. The summed E-state index contributed by atoms with van der Waals surface area (Å²) in [7, 11) is 2.09. The lowest BCUT2D eigenvalue weighted by atomic mass is 10.1. The van der Waals surface area contributed by atoms with Gasteiger partial charge in [-0.3, -0.25) is 20.5 Å². The van der Waals surface area contributed by atoms with Crippen LogP contribution in [0.4, 0.5) is 0 Å². The van der Waals surface area contributed by atoms with Gasteiger partial charge in [-0.05, 0) is 57.6 Å². The van der Waals surface area contributed by atoms with Gasteiger partial charge in [-0.15, -0.1) is 0 Å². The van der Waals surface area contributed by atoms with Crippen LogP contribution in [-0.4, -0.2) is 69.2 Å². The minimum absolute atomic E-state index is 0. The molecule has 1 fully saturated rings. The molecule has 0 bridgehead atoms. The molecule has 1 unspecified atom stereocenters. The predicted molar refractivity (Wildman–Crippen MR) is 125 cm³/mol. The fraction of sp³-hybridized carbons (Fsp3) is 0.476. The number of aromatic nitrogens is 1. The van der Waals surface area contributed by atoms with Crippen molar-refractivity contribution >= 4 is 38.8 Å². The number of likely N-dealkylation sites (N-methyl/N-ethyl adjacent to an activating group) is 1. The highest BCUT2D eigenvalue weighted by atomic mass is 32.2. The van der Waals surface area contributed by atoms with Crippen LogP contribution in [0.2, 0.25) is 0 Å². The number of carbonyl (C=O) groups excluding carboxylic acids is 1. The molecule has 1 amide bonds. The number of amidine groups is 1. The first-order valence-corrected chi connectivity index (χ1v) is 10.8. The summed E-state index contributed by atoms with van der Waals surface area (Å²) in [5, 5.41) is 20.6. The number of carbonyl (C=O) groups is 1. The summed E-state index contributed by atoms with van der Waals surface area (Å²) in [6.45, 7) is 7.67. The number of thioether (sulfide) groups is 1. The second-order valence-corrected chi connectivity index (χ2v) is 8.94. The van der Waals surface area contributed by atoms with Crippen molar-refractivity contribution in [2.75, 3.05) is 20.1 Å². The van der Waals surface area contributed by atoms with Crippen molar-refractivity contribution in [3.8, 4) is 0 Å². The van der Waals surface area contributed by atoms with Crippen molar-refractivity contribution in [1.29, 1.82) is 10.8 Å². The Morgan fingerprint density at radius 3 is 2.66 bits per heavy atom. The second-order valence-electron chi connectivity index (χ2n) is 7.94. The molecule has 1 aromatic heterocycles. The van der Waals surface area contributed by atoms with Crippen LogP contribution in [0.25, 0.3) is 10.9 Å². The third kappa shape index (κ3) is 5.00. The molecule has 29 heavy (non-hydrogen) atoms. The predicted octanol–water partition coefficient (Wildman–Crippen LogP) is 3.38. The average molecular weight is 419 g/mol. The quantitative estimate of drug-likeness (QED) is 0.454.